The Morgan fingerprint density at radius 1 is 1.05 bits per heavy atom. The van der Waals surface area contributed by atoms with Gasteiger partial charge in [0.05, 0.1) is 0 Å². The van der Waals surface area contributed by atoms with Gasteiger partial charge in [-0.25, -0.2) is 5.43 Å². The third-order valence-corrected chi connectivity index (χ3v) is 4.60. The SMILES string of the molecule is O=C(NNCCCC1CCCC1)c1ccc2ccccc2c1. The zero-order valence-electron chi connectivity index (χ0n) is 13.0. The topological polar surface area (TPSA) is 41.1 Å². The smallest absolute Gasteiger partial charge is 0.265 e. The van der Waals surface area contributed by atoms with Crippen molar-refractivity contribution in [3.8, 4) is 0 Å². The number of nitrogens with one attached hydrogen (secondary N) is 2. The number of benzene rings is 2. The fraction of sp³-hybridized carbons (Fsp3) is 0.421. The normalized spacial score (nSPS) is 15.3. The van der Waals surface area contributed by atoms with Crippen LogP contribution in [0.4, 0.5) is 0 Å². The first-order valence-electron chi connectivity index (χ1n) is 8.35. The van der Waals surface area contributed by atoms with Crippen LogP contribution in [0.15, 0.2) is 42.5 Å². The zero-order chi connectivity index (χ0) is 15.2. The molecule has 3 nitrogen and oxygen atoms in total. The van der Waals surface area contributed by atoms with E-state index in [2.05, 4.69) is 16.9 Å². The summed E-state index contributed by atoms with van der Waals surface area (Å²) in [6.45, 7) is 0.843. The molecule has 0 bridgehead atoms. The molecule has 1 saturated carbocycles. The lowest BCUT2D eigenvalue weighted by molar-refractivity contribution is 0.0933. The molecule has 1 aliphatic rings. The number of carbonyl (C=O) groups is 1. The van der Waals surface area contributed by atoms with Crippen molar-refractivity contribution in [3.63, 3.8) is 0 Å². The summed E-state index contributed by atoms with van der Waals surface area (Å²) in [4.78, 5) is 12.1. The number of hydrogen-bond donors (Lipinski definition) is 2. The van der Waals surface area contributed by atoms with E-state index in [9.17, 15) is 4.79 Å². The van der Waals surface area contributed by atoms with Gasteiger partial charge in [0.1, 0.15) is 0 Å². The Bertz CT molecular complexity index is 632. The average Bonchev–Trinajstić information content (AvgIpc) is 3.07. The lowest BCUT2D eigenvalue weighted by Gasteiger charge is -2.10. The van der Waals surface area contributed by atoms with Crippen molar-refractivity contribution in [1.82, 2.24) is 10.9 Å². The Hall–Kier alpha value is -1.87. The molecule has 2 N–H and O–H groups in total. The fourth-order valence-electron chi connectivity index (χ4n) is 3.32. The molecule has 2 aromatic rings. The maximum absolute atomic E-state index is 12.1. The monoisotopic (exact) mass is 296 g/mol. The molecule has 0 unspecified atom stereocenters. The van der Waals surface area contributed by atoms with E-state index in [4.69, 9.17) is 0 Å². The first-order valence-corrected chi connectivity index (χ1v) is 8.35. The van der Waals surface area contributed by atoms with Crippen LogP contribution in [0.3, 0.4) is 0 Å². The van der Waals surface area contributed by atoms with E-state index >= 15 is 0 Å². The number of hydrogen-bond acceptors (Lipinski definition) is 2. The minimum atomic E-state index is -0.0633. The highest BCUT2D eigenvalue weighted by atomic mass is 16.2. The summed E-state index contributed by atoms with van der Waals surface area (Å²) in [6.07, 6.45) is 7.99. The quantitative estimate of drug-likeness (QED) is 0.624. The minimum Gasteiger partial charge on any atom is -0.287 e. The van der Waals surface area contributed by atoms with E-state index in [0.717, 1.165) is 29.7 Å². The van der Waals surface area contributed by atoms with Crippen LogP contribution < -0.4 is 10.9 Å². The highest BCUT2D eigenvalue weighted by Crippen LogP contribution is 2.28. The Morgan fingerprint density at radius 3 is 2.64 bits per heavy atom. The third-order valence-electron chi connectivity index (χ3n) is 4.60. The second-order valence-corrected chi connectivity index (χ2v) is 6.24. The van der Waals surface area contributed by atoms with Crippen molar-refractivity contribution < 1.29 is 4.79 Å². The standard InChI is InChI=1S/C19H24N2O/c22-19(21-20-13-5-8-15-6-1-2-7-15)18-12-11-16-9-3-4-10-17(16)14-18/h3-4,9-12,14-15,20H,1-2,5-8,13H2,(H,21,22). The summed E-state index contributed by atoms with van der Waals surface area (Å²) < 4.78 is 0. The summed E-state index contributed by atoms with van der Waals surface area (Å²) >= 11 is 0. The predicted octanol–water partition coefficient (Wildman–Crippen LogP) is 4.04. The van der Waals surface area contributed by atoms with E-state index in [1.165, 1.54) is 32.1 Å². The van der Waals surface area contributed by atoms with E-state index in [1.807, 2.05) is 36.4 Å². The van der Waals surface area contributed by atoms with Gasteiger partial charge < -0.3 is 0 Å². The molecule has 1 amide bonds. The van der Waals surface area contributed by atoms with Gasteiger partial charge >= 0.3 is 0 Å². The van der Waals surface area contributed by atoms with Crippen molar-refractivity contribution in [2.45, 2.75) is 38.5 Å². The van der Waals surface area contributed by atoms with Crippen LogP contribution in [0, 0.1) is 5.92 Å². The van der Waals surface area contributed by atoms with Crippen LogP contribution in [-0.4, -0.2) is 12.5 Å². The number of amides is 1. The molecule has 3 heteroatoms. The highest BCUT2D eigenvalue weighted by molar-refractivity contribution is 5.98. The molecule has 0 heterocycles. The summed E-state index contributed by atoms with van der Waals surface area (Å²) in [5.74, 6) is 0.851. The lowest BCUT2D eigenvalue weighted by Crippen LogP contribution is -2.38. The Kier molecular flexibility index (Phi) is 5.07. The first kappa shape index (κ1) is 15.0. The maximum atomic E-state index is 12.1. The summed E-state index contributed by atoms with van der Waals surface area (Å²) in [6, 6.07) is 13.9. The fourth-order valence-corrected chi connectivity index (χ4v) is 3.32. The van der Waals surface area contributed by atoms with Crippen molar-refractivity contribution >= 4 is 16.7 Å². The van der Waals surface area contributed by atoms with Gasteiger partial charge in [0.25, 0.3) is 5.91 Å². The molecular formula is C19H24N2O. The van der Waals surface area contributed by atoms with Crippen LogP contribution >= 0.6 is 0 Å². The van der Waals surface area contributed by atoms with Crippen LogP contribution in [0.5, 0.6) is 0 Å². The van der Waals surface area contributed by atoms with Gasteiger partial charge in [0.15, 0.2) is 0 Å². The summed E-state index contributed by atoms with van der Waals surface area (Å²) in [5.41, 5.74) is 6.55. The molecular weight excluding hydrogens is 272 g/mol. The van der Waals surface area contributed by atoms with Gasteiger partial charge in [-0.15, -0.1) is 0 Å². The lowest BCUT2D eigenvalue weighted by atomic mass is 10.0. The van der Waals surface area contributed by atoms with Crippen molar-refractivity contribution in [1.29, 1.82) is 0 Å². The van der Waals surface area contributed by atoms with Gasteiger partial charge in [-0.1, -0.05) is 56.0 Å². The molecule has 0 spiro atoms. The summed E-state index contributed by atoms with van der Waals surface area (Å²) in [7, 11) is 0. The Labute approximate surface area is 132 Å². The van der Waals surface area contributed by atoms with Gasteiger partial charge in [-0.3, -0.25) is 10.2 Å². The molecule has 1 aliphatic carbocycles. The number of fused-ring (bicyclic) bond motifs is 1. The van der Waals surface area contributed by atoms with Gasteiger partial charge in [0.2, 0.25) is 0 Å². The molecule has 2 aromatic carbocycles. The highest BCUT2D eigenvalue weighted by Gasteiger charge is 2.14. The van der Waals surface area contributed by atoms with Crippen molar-refractivity contribution in [2.24, 2.45) is 5.92 Å². The number of carbonyl (C=O) groups excluding carboxylic acids is 1. The minimum absolute atomic E-state index is 0.0633. The van der Waals surface area contributed by atoms with Crippen molar-refractivity contribution in [2.75, 3.05) is 6.54 Å². The van der Waals surface area contributed by atoms with E-state index in [-0.39, 0.29) is 5.91 Å². The molecule has 0 atom stereocenters. The Morgan fingerprint density at radius 2 is 1.82 bits per heavy atom. The number of rotatable bonds is 6. The molecule has 1 fully saturated rings. The Balaban J connectivity index is 1.44. The third kappa shape index (κ3) is 3.86. The molecule has 0 aromatic heterocycles. The van der Waals surface area contributed by atoms with E-state index in [0.29, 0.717) is 5.56 Å². The molecule has 22 heavy (non-hydrogen) atoms. The molecule has 0 saturated heterocycles. The second kappa shape index (κ2) is 7.41. The molecule has 0 radical (unpaired) electrons. The van der Waals surface area contributed by atoms with Gasteiger partial charge in [-0.2, -0.15) is 0 Å². The zero-order valence-corrected chi connectivity index (χ0v) is 13.0. The summed E-state index contributed by atoms with van der Waals surface area (Å²) in [5, 5.41) is 2.25. The molecule has 116 valence electrons. The number of hydrazine groups is 1. The largest absolute Gasteiger partial charge is 0.287 e. The first-order chi connectivity index (χ1) is 10.8. The average molecular weight is 296 g/mol. The van der Waals surface area contributed by atoms with E-state index in [1.54, 1.807) is 0 Å². The van der Waals surface area contributed by atoms with Crippen LogP contribution in [-0.2, 0) is 0 Å². The van der Waals surface area contributed by atoms with Crippen LogP contribution in [0.2, 0.25) is 0 Å². The van der Waals surface area contributed by atoms with Crippen LogP contribution in [0.25, 0.3) is 10.8 Å². The van der Waals surface area contributed by atoms with Gasteiger partial charge in [0, 0.05) is 12.1 Å². The predicted molar refractivity (Wildman–Crippen MR) is 90.6 cm³/mol. The molecule has 3 rings (SSSR count). The molecule has 0 aliphatic heterocycles. The van der Waals surface area contributed by atoms with Gasteiger partial charge in [-0.05, 0) is 41.7 Å². The second-order valence-electron chi connectivity index (χ2n) is 6.24. The van der Waals surface area contributed by atoms with E-state index < -0.39 is 0 Å². The van der Waals surface area contributed by atoms with Crippen molar-refractivity contribution in [3.05, 3.63) is 48.0 Å². The van der Waals surface area contributed by atoms with Crippen LogP contribution in [0.1, 0.15) is 48.9 Å². The maximum Gasteiger partial charge on any atom is 0.265 e.